The highest BCUT2D eigenvalue weighted by Gasteiger charge is 2.45. The molecule has 4 rings (SSSR count). The average molecular weight is 356 g/mol. The Morgan fingerprint density at radius 1 is 0.962 bits per heavy atom. The van der Waals surface area contributed by atoms with E-state index in [0.717, 1.165) is 11.1 Å². The average Bonchev–Trinajstić information content (AvgIpc) is 2.72. The van der Waals surface area contributed by atoms with Crippen LogP contribution in [0.1, 0.15) is 23.8 Å². The smallest absolute Gasteiger partial charge is 0.184 e. The lowest BCUT2D eigenvalue weighted by atomic mass is 10.00. The Balaban J connectivity index is 1.47. The van der Waals surface area contributed by atoms with Crippen molar-refractivity contribution in [1.29, 1.82) is 0 Å². The lowest BCUT2D eigenvalue weighted by Gasteiger charge is -2.45. The molecule has 2 fully saturated rings. The number of ether oxygens (including phenoxy) is 5. The van der Waals surface area contributed by atoms with Crippen molar-refractivity contribution >= 4 is 0 Å². The van der Waals surface area contributed by atoms with Crippen molar-refractivity contribution < 1.29 is 23.7 Å². The predicted molar refractivity (Wildman–Crippen MR) is 95.3 cm³/mol. The topological polar surface area (TPSA) is 46.2 Å². The molecule has 2 aromatic rings. The third-order valence-electron chi connectivity index (χ3n) is 4.82. The summed E-state index contributed by atoms with van der Waals surface area (Å²) in [6.45, 7) is 0.987. The SMILES string of the molecule is COC1C[C@@H](OCc2ccccc2)[C@@H]2OC(c3ccccc3)OC[C@H]2O1. The fraction of sp³-hybridized carbons (Fsp3) is 0.429. The summed E-state index contributed by atoms with van der Waals surface area (Å²) >= 11 is 0. The summed E-state index contributed by atoms with van der Waals surface area (Å²) in [6.07, 6.45) is -0.584. The minimum atomic E-state index is -0.400. The van der Waals surface area contributed by atoms with Gasteiger partial charge in [-0.3, -0.25) is 0 Å². The van der Waals surface area contributed by atoms with Gasteiger partial charge in [-0.05, 0) is 5.56 Å². The summed E-state index contributed by atoms with van der Waals surface area (Å²) in [5.41, 5.74) is 2.14. The van der Waals surface area contributed by atoms with Gasteiger partial charge in [0.15, 0.2) is 12.6 Å². The molecule has 0 aliphatic carbocycles. The third kappa shape index (κ3) is 3.98. The Morgan fingerprint density at radius 3 is 2.42 bits per heavy atom. The second-order valence-electron chi connectivity index (χ2n) is 6.59. The van der Waals surface area contributed by atoms with Gasteiger partial charge in [-0.15, -0.1) is 0 Å². The van der Waals surface area contributed by atoms with Crippen molar-refractivity contribution in [3.8, 4) is 0 Å². The van der Waals surface area contributed by atoms with Crippen molar-refractivity contribution in [3.63, 3.8) is 0 Å². The summed E-state index contributed by atoms with van der Waals surface area (Å²) in [6, 6.07) is 20.1. The van der Waals surface area contributed by atoms with Crippen LogP contribution in [0.4, 0.5) is 0 Å². The Hall–Kier alpha value is -1.76. The molecule has 0 aromatic heterocycles. The summed E-state index contributed by atoms with van der Waals surface area (Å²) < 4.78 is 29.7. The molecule has 0 N–H and O–H groups in total. The second-order valence-corrected chi connectivity index (χ2v) is 6.59. The summed E-state index contributed by atoms with van der Waals surface area (Å²) in [7, 11) is 1.65. The maximum absolute atomic E-state index is 6.24. The first-order valence-electron chi connectivity index (χ1n) is 8.99. The molecular weight excluding hydrogens is 332 g/mol. The third-order valence-corrected chi connectivity index (χ3v) is 4.82. The zero-order valence-electron chi connectivity index (χ0n) is 14.8. The van der Waals surface area contributed by atoms with E-state index >= 15 is 0 Å². The molecule has 2 unspecified atom stereocenters. The van der Waals surface area contributed by atoms with Gasteiger partial charge in [0.2, 0.25) is 0 Å². The summed E-state index contributed by atoms with van der Waals surface area (Å²) in [5, 5.41) is 0. The molecular formula is C21H24O5. The van der Waals surface area contributed by atoms with Crippen molar-refractivity contribution in [1.82, 2.24) is 0 Å². The fourth-order valence-corrected chi connectivity index (χ4v) is 3.44. The monoisotopic (exact) mass is 356 g/mol. The molecule has 26 heavy (non-hydrogen) atoms. The Kier molecular flexibility index (Phi) is 5.62. The minimum Gasteiger partial charge on any atom is -0.371 e. The molecule has 0 amide bonds. The van der Waals surface area contributed by atoms with E-state index < -0.39 is 6.29 Å². The minimum absolute atomic E-state index is 0.117. The number of hydrogen-bond acceptors (Lipinski definition) is 5. The van der Waals surface area contributed by atoms with E-state index in [-0.39, 0.29) is 24.6 Å². The number of rotatable bonds is 5. The van der Waals surface area contributed by atoms with Crippen molar-refractivity contribution in [2.45, 2.75) is 43.9 Å². The van der Waals surface area contributed by atoms with Crippen LogP contribution in [0.3, 0.4) is 0 Å². The van der Waals surface area contributed by atoms with Crippen LogP contribution in [0.15, 0.2) is 60.7 Å². The molecule has 138 valence electrons. The van der Waals surface area contributed by atoms with E-state index in [1.807, 2.05) is 48.5 Å². The highest BCUT2D eigenvalue weighted by atomic mass is 16.7. The van der Waals surface area contributed by atoms with E-state index in [1.54, 1.807) is 7.11 Å². The molecule has 2 aromatic carbocycles. The summed E-state index contributed by atoms with van der Waals surface area (Å²) in [5.74, 6) is 0. The van der Waals surface area contributed by atoms with Crippen molar-refractivity contribution in [2.24, 2.45) is 0 Å². The molecule has 0 spiro atoms. The Morgan fingerprint density at radius 2 is 1.69 bits per heavy atom. The van der Waals surface area contributed by atoms with Gasteiger partial charge in [0.25, 0.3) is 0 Å². The molecule has 5 heteroatoms. The molecule has 2 saturated heterocycles. The van der Waals surface area contributed by atoms with Gasteiger partial charge in [-0.25, -0.2) is 0 Å². The Bertz CT molecular complexity index is 677. The molecule has 5 nitrogen and oxygen atoms in total. The van der Waals surface area contributed by atoms with Crippen molar-refractivity contribution in [2.75, 3.05) is 13.7 Å². The number of hydrogen-bond donors (Lipinski definition) is 0. The van der Waals surface area contributed by atoms with Crippen LogP contribution >= 0.6 is 0 Å². The normalized spacial score (nSPS) is 31.3. The van der Waals surface area contributed by atoms with Gasteiger partial charge in [0.1, 0.15) is 12.2 Å². The van der Waals surface area contributed by atoms with Crippen LogP contribution in [0.25, 0.3) is 0 Å². The highest BCUT2D eigenvalue weighted by molar-refractivity contribution is 5.17. The van der Waals surface area contributed by atoms with Crippen LogP contribution in [0.2, 0.25) is 0 Å². The maximum atomic E-state index is 6.24. The van der Waals surface area contributed by atoms with Crippen LogP contribution in [-0.2, 0) is 30.3 Å². The van der Waals surface area contributed by atoms with E-state index in [9.17, 15) is 0 Å². The standard InChI is InChI=1S/C21H24O5/c1-22-19-12-17(23-13-15-8-4-2-5-9-15)20-18(25-19)14-24-21(26-20)16-10-6-3-7-11-16/h2-11,17-21H,12-14H2,1H3/t17-,18-,19?,20+,21?/m1/s1. The fourth-order valence-electron chi connectivity index (χ4n) is 3.44. The molecule has 2 heterocycles. The van der Waals surface area contributed by atoms with Crippen molar-refractivity contribution in [3.05, 3.63) is 71.8 Å². The first-order valence-corrected chi connectivity index (χ1v) is 8.99. The van der Waals surface area contributed by atoms with Gasteiger partial charge >= 0.3 is 0 Å². The largest absolute Gasteiger partial charge is 0.371 e. The first kappa shape index (κ1) is 17.6. The summed E-state index contributed by atoms with van der Waals surface area (Å²) in [4.78, 5) is 0. The number of methoxy groups -OCH3 is 1. The quantitative estimate of drug-likeness (QED) is 0.821. The first-order chi connectivity index (χ1) is 12.8. The molecule has 0 bridgehead atoms. The lowest BCUT2D eigenvalue weighted by Crippen LogP contribution is -2.55. The van der Waals surface area contributed by atoms with Crippen LogP contribution < -0.4 is 0 Å². The van der Waals surface area contributed by atoms with Crippen LogP contribution in [0.5, 0.6) is 0 Å². The lowest BCUT2D eigenvalue weighted by molar-refractivity contribution is -0.339. The highest BCUT2D eigenvalue weighted by Crippen LogP contribution is 2.35. The van der Waals surface area contributed by atoms with Gasteiger partial charge < -0.3 is 23.7 Å². The zero-order valence-corrected chi connectivity index (χ0v) is 14.8. The van der Waals surface area contributed by atoms with Gasteiger partial charge in [0, 0.05) is 19.1 Å². The number of benzene rings is 2. The van der Waals surface area contributed by atoms with E-state index in [1.165, 1.54) is 0 Å². The predicted octanol–water partition coefficient (Wildman–Crippen LogP) is 3.45. The maximum Gasteiger partial charge on any atom is 0.184 e. The molecule has 2 aliphatic heterocycles. The van der Waals surface area contributed by atoms with E-state index in [2.05, 4.69) is 12.1 Å². The Labute approximate surface area is 153 Å². The van der Waals surface area contributed by atoms with Crippen LogP contribution in [-0.4, -0.2) is 38.3 Å². The molecule has 2 aliphatic rings. The van der Waals surface area contributed by atoms with Gasteiger partial charge in [0.05, 0.1) is 19.3 Å². The molecule has 0 saturated carbocycles. The number of fused-ring (bicyclic) bond motifs is 1. The van der Waals surface area contributed by atoms with E-state index in [0.29, 0.717) is 19.6 Å². The molecule has 5 atom stereocenters. The molecule has 0 radical (unpaired) electrons. The van der Waals surface area contributed by atoms with Crippen LogP contribution in [0, 0.1) is 0 Å². The zero-order chi connectivity index (χ0) is 17.8. The van der Waals surface area contributed by atoms with E-state index in [4.69, 9.17) is 23.7 Å². The second kappa shape index (κ2) is 8.29. The van der Waals surface area contributed by atoms with Gasteiger partial charge in [-0.2, -0.15) is 0 Å². The van der Waals surface area contributed by atoms with Gasteiger partial charge in [-0.1, -0.05) is 60.7 Å².